The van der Waals surface area contributed by atoms with E-state index in [2.05, 4.69) is 28.7 Å². The summed E-state index contributed by atoms with van der Waals surface area (Å²) >= 11 is 0. The zero-order valence-corrected chi connectivity index (χ0v) is 9.26. The van der Waals surface area contributed by atoms with Crippen LogP contribution in [0.25, 0.3) is 0 Å². The van der Waals surface area contributed by atoms with Crippen molar-refractivity contribution in [1.29, 1.82) is 0 Å². The molecular weight excluding hydrogens is 190 g/mol. The molecule has 0 radical (unpaired) electrons. The van der Waals surface area contributed by atoms with Gasteiger partial charge < -0.3 is 4.74 Å². The van der Waals surface area contributed by atoms with Gasteiger partial charge in [0.1, 0.15) is 5.82 Å². The van der Waals surface area contributed by atoms with Crippen molar-refractivity contribution < 1.29 is 4.74 Å². The van der Waals surface area contributed by atoms with E-state index in [1.165, 1.54) is 0 Å². The molecule has 1 aliphatic rings. The Labute approximate surface area is 90.3 Å². The minimum atomic E-state index is 0.303. The van der Waals surface area contributed by atoms with Crippen LogP contribution in [0, 0.1) is 0 Å². The van der Waals surface area contributed by atoms with Gasteiger partial charge in [-0.25, -0.2) is 9.97 Å². The number of hydrogen-bond acceptors (Lipinski definition) is 4. The van der Waals surface area contributed by atoms with Gasteiger partial charge in [0, 0.05) is 25.5 Å². The second kappa shape index (κ2) is 4.68. The van der Waals surface area contributed by atoms with E-state index in [0.717, 1.165) is 25.5 Å². The van der Waals surface area contributed by atoms with Crippen molar-refractivity contribution in [1.82, 2.24) is 14.9 Å². The third kappa shape index (κ3) is 2.97. The average Bonchev–Trinajstić information content (AvgIpc) is 2.17. The summed E-state index contributed by atoms with van der Waals surface area (Å²) in [5.41, 5.74) is 0. The number of morpholine rings is 1. The largest absolute Gasteiger partial charge is 0.373 e. The van der Waals surface area contributed by atoms with E-state index in [1.54, 1.807) is 12.4 Å². The van der Waals surface area contributed by atoms with E-state index >= 15 is 0 Å². The van der Waals surface area contributed by atoms with E-state index < -0.39 is 0 Å². The van der Waals surface area contributed by atoms with Gasteiger partial charge in [0.25, 0.3) is 0 Å². The highest BCUT2D eigenvalue weighted by molar-refractivity contribution is 4.89. The lowest BCUT2D eigenvalue weighted by molar-refractivity contribution is -0.0710. The molecule has 1 aromatic rings. The summed E-state index contributed by atoms with van der Waals surface area (Å²) in [6, 6.07) is 1.84. The first-order chi connectivity index (χ1) is 7.24. The Kier molecular flexibility index (Phi) is 3.28. The molecule has 15 heavy (non-hydrogen) atoms. The molecule has 4 heteroatoms. The van der Waals surface area contributed by atoms with Crippen LogP contribution in [0.15, 0.2) is 18.5 Å². The van der Waals surface area contributed by atoms with Gasteiger partial charge >= 0.3 is 0 Å². The van der Waals surface area contributed by atoms with Crippen LogP contribution in [0.5, 0.6) is 0 Å². The summed E-state index contributed by atoms with van der Waals surface area (Å²) in [6.07, 6.45) is 4.18. The monoisotopic (exact) mass is 207 g/mol. The molecule has 0 aromatic carbocycles. The summed E-state index contributed by atoms with van der Waals surface area (Å²) in [4.78, 5) is 10.8. The summed E-state index contributed by atoms with van der Waals surface area (Å²) in [7, 11) is 0. The molecule has 0 unspecified atom stereocenters. The van der Waals surface area contributed by atoms with Gasteiger partial charge in [-0.1, -0.05) is 0 Å². The van der Waals surface area contributed by atoms with E-state index in [0.29, 0.717) is 12.2 Å². The van der Waals surface area contributed by atoms with Crippen molar-refractivity contribution in [2.24, 2.45) is 0 Å². The van der Waals surface area contributed by atoms with Crippen LogP contribution in [-0.4, -0.2) is 40.2 Å². The van der Waals surface area contributed by atoms with Gasteiger partial charge in [0.2, 0.25) is 0 Å². The van der Waals surface area contributed by atoms with Crippen LogP contribution in [0.2, 0.25) is 0 Å². The molecule has 0 bridgehead atoms. The molecule has 1 aromatic heterocycles. The summed E-state index contributed by atoms with van der Waals surface area (Å²) in [6.45, 7) is 6.95. The van der Waals surface area contributed by atoms with E-state index in [9.17, 15) is 0 Å². The van der Waals surface area contributed by atoms with Crippen LogP contribution in [0.3, 0.4) is 0 Å². The van der Waals surface area contributed by atoms with Crippen molar-refractivity contribution in [3.05, 3.63) is 24.3 Å². The fourth-order valence-electron chi connectivity index (χ4n) is 2.03. The maximum absolute atomic E-state index is 5.67. The quantitative estimate of drug-likeness (QED) is 0.727. The maximum atomic E-state index is 5.67. The minimum Gasteiger partial charge on any atom is -0.373 e. The third-order valence-corrected chi connectivity index (χ3v) is 2.48. The molecule has 1 saturated heterocycles. The van der Waals surface area contributed by atoms with Crippen molar-refractivity contribution in [2.75, 3.05) is 13.1 Å². The second-order valence-corrected chi connectivity index (χ2v) is 4.12. The molecule has 0 N–H and O–H groups in total. The van der Waals surface area contributed by atoms with E-state index in [-0.39, 0.29) is 0 Å². The molecule has 0 amide bonds. The molecular formula is C11H17N3O. The second-order valence-electron chi connectivity index (χ2n) is 4.12. The van der Waals surface area contributed by atoms with Gasteiger partial charge in [-0.05, 0) is 19.9 Å². The van der Waals surface area contributed by atoms with Gasteiger partial charge in [-0.3, -0.25) is 4.90 Å². The zero-order chi connectivity index (χ0) is 10.7. The van der Waals surface area contributed by atoms with Crippen LogP contribution in [0.1, 0.15) is 19.7 Å². The average molecular weight is 207 g/mol. The molecule has 2 heterocycles. The summed E-state index contributed by atoms with van der Waals surface area (Å²) in [5.74, 6) is 0.888. The molecule has 82 valence electrons. The fourth-order valence-corrected chi connectivity index (χ4v) is 2.03. The third-order valence-electron chi connectivity index (χ3n) is 2.48. The fraction of sp³-hybridized carbons (Fsp3) is 0.636. The van der Waals surface area contributed by atoms with E-state index in [4.69, 9.17) is 4.74 Å². The lowest BCUT2D eigenvalue weighted by atomic mass is 10.2. The molecule has 4 nitrogen and oxygen atoms in total. The molecule has 1 aliphatic heterocycles. The summed E-state index contributed by atoms with van der Waals surface area (Å²) < 4.78 is 5.67. The number of hydrogen-bond donors (Lipinski definition) is 0. The smallest absolute Gasteiger partial charge is 0.142 e. The minimum absolute atomic E-state index is 0.303. The Morgan fingerprint density at radius 1 is 1.27 bits per heavy atom. The van der Waals surface area contributed by atoms with Gasteiger partial charge in [0.15, 0.2) is 0 Å². The van der Waals surface area contributed by atoms with Crippen LogP contribution in [0.4, 0.5) is 0 Å². The van der Waals surface area contributed by atoms with Gasteiger partial charge in [-0.2, -0.15) is 0 Å². The van der Waals surface area contributed by atoms with Crippen molar-refractivity contribution in [3.63, 3.8) is 0 Å². The molecule has 0 aliphatic carbocycles. The Morgan fingerprint density at radius 3 is 2.47 bits per heavy atom. The van der Waals surface area contributed by atoms with Gasteiger partial charge in [-0.15, -0.1) is 0 Å². The first-order valence-corrected chi connectivity index (χ1v) is 5.38. The Hall–Kier alpha value is -1.00. The van der Waals surface area contributed by atoms with Crippen LogP contribution in [-0.2, 0) is 11.3 Å². The standard InChI is InChI=1S/C11H17N3O/c1-9-6-14(7-10(2)15-9)8-11-12-4-3-5-13-11/h3-5,9-10H,6-8H2,1-2H3/t9-,10+. The number of nitrogens with zero attached hydrogens (tertiary/aromatic N) is 3. The van der Waals surface area contributed by atoms with Crippen molar-refractivity contribution in [3.8, 4) is 0 Å². The number of rotatable bonds is 2. The topological polar surface area (TPSA) is 38.2 Å². The molecule has 0 saturated carbocycles. The van der Waals surface area contributed by atoms with Crippen molar-refractivity contribution >= 4 is 0 Å². The lowest BCUT2D eigenvalue weighted by Gasteiger charge is -2.34. The number of aromatic nitrogens is 2. The Morgan fingerprint density at radius 2 is 1.87 bits per heavy atom. The molecule has 2 rings (SSSR count). The Bertz CT molecular complexity index is 294. The highest BCUT2D eigenvalue weighted by Crippen LogP contribution is 2.12. The highest BCUT2D eigenvalue weighted by Gasteiger charge is 2.22. The lowest BCUT2D eigenvalue weighted by Crippen LogP contribution is -2.45. The molecule has 1 fully saturated rings. The SMILES string of the molecule is C[C@@H]1CN(Cc2ncccn2)C[C@H](C)O1. The summed E-state index contributed by atoms with van der Waals surface area (Å²) in [5, 5.41) is 0. The first kappa shape index (κ1) is 10.5. The van der Waals surface area contributed by atoms with Crippen molar-refractivity contribution in [2.45, 2.75) is 32.6 Å². The Balaban J connectivity index is 1.94. The normalized spacial score (nSPS) is 27.9. The van der Waals surface area contributed by atoms with Crippen LogP contribution < -0.4 is 0 Å². The maximum Gasteiger partial charge on any atom is 0.142 e. The van der Waals surface area contributed by atoms with Gasteiger partial charge in [0.05, 0.1) is 18.8 Å². The molecule has 0 spiro atoms. The highest BCUT2D eigenvalue weighted by atomic mass is 16.5. The first-order valence-electron chi connectivity index (χ1n) is 5.38. The van der Waals surface area contributed by atoms with Crippen LogP contribution >= 0.6 is 0 Å². The zero-order valence-electron chi connectivity index (χ0n) is 9.26. The predicted octanol–water partition coefficient (Wildman–Crippen LogP) is 1.09. The van der Waals surface area contributed by atoms with E-state index in [1.807, 2.05) is 6.07 Å². The molecule has 2 atom stereocenters. The predicted molar refractivity (Wildman–Crippen MR) is 57.3 cm³/mol. The number of ether oxygens (including phenoxy) is 1.